The highest BCUT2D eigenvalue weighted by molar-refractivity contribution is 5.77. The summed E-state index contributed by atoms with van der Waals surface area (Å²) in [7, 11) is 0. The molecule has 0 amide bonds. The van der Waals surface area contributed by atoms with Crippen molar-refractivity contribution in [3.8, 4) is 0 Å². The van der Waals surface area contributed by atoms with E-state index in [0.717, 1.165) is 19.3 Å². The molecule has 0 aromatic rings. The number of hydrogen-bond donors (Lipinski definition) is 9. The van der Waals surface area contributed by atoms with E-state index in [0.29, 0.717) is 38.5 Å². The highest BCUT2D eigenvalue weighted by Crippen LogP contribution is 2.76. The third-order valence-electron chi connectivity index (χ3n) is 17.0. The van der Waals surface area contributed by atoms with E-state index in [-0.39, 0.29) is 40.6 Å². The smallest absolute Gasteiger partial charge is 0.335 e. The molecular formula is C41H64O15. The van der Waals surface area contributed by atoms with Crippen LogP contribution in [0.5, 0.6) is 0 Å². The Morgan fingerprint density at radius 3 is 2.12 bits per heavy atom. The maximum Gasteiger partial charge on any atom is 0.335 e. The molecule has 15 heteroatoms. The predicted octanol–water partition coefficient (Wildman–Crippen LogP) is 1.56. The Labute approximate surface area is 328 Å². The zero-order chi connectivity index (χ0) is 41.1. The molecule has 2 heterocycles. The topological polar surface area (TPSA) is 253 Å². The Bertz CT molecular complexity index is 1570. The fourth-order valence-corrected chi connectivity index (χ4v) is 13.5. The molecule has 0 bridgehead atoms. The molecule has 19 atom stereocenters. The minimum Gasteiger partial charge on any atom is -0.481 e. The van der Waals surface area contributed by atoms with Gasteiger partial charge in [0.05, 0.1) is 25.4 Å². The van der Waals surface area contributed by atoms with Gasteiger partial charge in [0.2, 0.25) is 0 Å². The molecule has 6 fully saturated rings. The number of fused-ring (bicyclic) bond motifs is 7. The van der Waals surface area contributed by atoms with E-state index in [1.165, 1.54) is 5.57 Å². The molecule has 2 aliphatic heterocycles. The van der Waals surface area contributed by atoms with Gasteiger partial charge in [-0.3, -0.25) is 4.79 Å². The van der Waals surface area contributed by atoms with Crippen molar-refractivity contribution in [2.45, 2.75) is 167 Å². The lowest BCUT2D eigenvalue weighted by molar-refractivity contribution is -0.356. The first kappa shape index (κ1) is 42.4. The Morgan fingerprint density at radius 1 is 0.804 bits per heavy atom. The third kappa shape index (κ3) is 6.00. The minimum atomic E-state index is -1.89. The van der Waals surface area contributed by atoms with Crippen LogP contribution >= 0.6 is 0 Å². The summed E-state index contributed by atoms with van der Waals surface area (Å²) in [5.41, 5.74) is -2.04. The van der Waals surface area contributed by atoms with Crippen LogP contribution < -0.4 is 0 Å². The quantitative estimate of drug-likeness (QED) is 0.131. The van der Waals surface area contributed by atoms with Gasteiger partial charge in [-0.25, -0.2) is 4.79 Å². The second-order valence-electron chi connectivity index (χ2n) is 20.2. The Morgan fingerprint density at radius 2 is 1.48 bits per heavy atom. The van der Waals surface area contributed by atoms with Crippen LogP contribution in [0.4, 0.5) is 0 Å². The van der Waals surface area contributed by atoms with Crippen LogP contribution in [0.2, 0.25) is 0 Å². The summed E-state index contributed by atoms with van der Waals surface area (Å²) in [4.78, 5) is 25.5. The van der Waals surface area contributed by atoms with Crippen molar-refractivity contribution in [3.63, 3.8) is 0 Å². The van der Waals surface area contributed by atoms with Gasteiger partial charge in [0, 0.05) is 5.41 Å². The van der Waals surface area contributed by atoms with Crippen molar-refractivity contribution < 1.29 is 74.5 Å². The molecular weight excluding hydrogens is 732 g/mol. The average molecular weight is 797 g/mol. The number of aliphatic hydroxyl groups is 7. The van der Waals surface area contributed by atoms with Gasteiger partial charge in [0.25, 0.3) is 0 Å². The van der Waals surface area contributed by atoms with Crippen LogP contribution in [-0.4, -0.2) is 139 Å². The van der Waals surface area contributed by atoms with E-state index in [4.69, 9.17) is 18.9 Å². The van der Waals surface area contributed by atoms with Gasteiger partial charge in [0.1, 0.15) is 42.0 Å². The first-order valence-electron chi connectivity index (χ1n) is 20.5. The Hall–Kier alpha value is -1.76. The zero-order valence-corrected chi connectivity index (χ0v) is 33.4. The molecule has 4 saturated carbocycles. The first-order chi connectivity index (χ1) is 26.0. The van der Waals surface area contributed by atoms with E-state index in [9.17, 15) is 55.5 Å². The lowest BCUT2D eigenvalue weighted by atomic mass is 9.33. The average Bonchev–Trinajstić information content (AvgIpc) is 3.12. The van der Waals surface area contributed by atoms with Gasteiger partial charge < -0.3 is 64.9 Å². The maximum absolute atomic E-state index is 13.1. The molecule has 7 rings (SSSR count). The van der Waals surface area contributed by atoms with Crippen molar-refractivity contribution >= 4 is 11.9 Å². The number of rotatable bonds is 7. The molecule has 15 nitrogen and oxygen atoms in total. The summed E-state index contributed by atoms with van der Waals surface area (Å²) >= 11 is 0. The summed E-state index contributed by atoms with van der Waals surface area (Å²) < 4.78 is 23.0. The number of allylic oxidation sites excluding steroid dienone is 2. The third-order valence-corrected chi connectivity index (χ3v) is 17.0. The van der Waals surface area contributed by atoms with Crippen molar-refractivity contribution in [3.05, 3.63) is 11.6 Å². The molecule has 7 aliphatic rings. The van der Waals surface area contributed by atoms with Crippen LogP contribution in [0.1, 0.15) is 99.3 Å². The number of carbonyl (C=O) groups is 2. The Balaban J connectivity index is 1.13. The molecule has 0 radical (unpaired) electrons. The van der Waals surface area contributed by atoms with Gasteiger partial charge in [-0.2, -0.15) is 0 Å². The van der Waals surface area contributed by atoms with Gasteiger partial charge in [-0.15, -0.1) is 0 Å². The van der Waals surface area contributed by atoms with E-state index >= 15 is 0 Å². The van der Waals surface area contributed by atoms with E-state index in [2.05, 4.69) is 40.7 Å². The number of hydrogen-bond acceptors (Lipinski definition) is 13. The Kier molecular flexibility index (Phi) is 10.7. The number of aliphatic carboxylic acids is 2. The molecule has 56 heavy (non-hydrogen) atoms. The summed E-state index contributed by atoms with van der Waals surface area (Å²) in [5.74, 6) is -2.69. The van der Waals surface area contributed by atoms with Crippen molar-refractivity contribution in [1.29, 1.82) is 0 Å². The summed E-state index contributed by atoms with van der Waals surface area (Å²) in [6, 6.07) is 0. The lowest BCUT2D eigenvalue weighted by Gasteiger charge is -2.71. The second-order valence-corrected chi connectivity index (χ2v) is 20.2. The fourth-order valence-electron chi connectivity index (χ4n) is 13.5. The second kappa shape index (κ2) is 14.2. The van der Waals surface area contributed by atoms with E-state index < -0.39 is 102 Å². The highest BCUT2D eigenvalue weighted by Gasteiger charge is 2.72. The molecule has 2 saturated heterocycles. The normalized spacial score (nSPS) is 54.1. The maximum atomic E-state index is 13.1. The van der Waals surface area contributed by atoms with Crippen LogP contribution in [-0.2, 0) is 28.5 Å². The number of ether oxygens (including phenoxy) is 4. The van der Waals surface area contributed by atoms with Gasteiger partial charge >= 0.3 is 11.9 Å². The monoisotopic (exact) mass is 796 g/mol. The molecule has 5 aliphatic carbocycles. The highest BCUT2D eigenvalue weighted by atomic mass is 16.7. The number of carboxylic acids is 2. The van der Waals surface area contributed by atoms with Crippen LogP contribution in [0.3, 0.4) is 0 Å². The number of carboxylic acid groups (broad SMARTS) is 2. The summed E-state index contributed by atoms with van der Waals surface area (Å²) in [6.07, 6.45) is -9.30. The van der Waals surface area contributed by atoms with Crippen molar-refractivity contribution in [2.24, 2.45) is 50.2 Å². The molecule has 0 spiro atoms. The minimum absolute atomic E-state index is 0.0599. The molecule has 0 aromatic heterocycles. The van der Waals surface area contributed by atoms with Gasteiger partial charge in [-0.1, -0.05) is 53.2 Å². The standard InChI is InChI=1S/C41H64O15/c1-36(2)13-14-41(35(51)52)20(15-36)19-7-8-23-37(3)11-10-25(38(4,18-42)22(37)9-12-39(23,5)40(19,6)16-24(41)44)54-34-29(48)27(46)30(31(56-34)32(49)50)55-33-28(47)26(45)21(43)17-53-33/h7,20-31,33-34,42-48H,8-18H2,1-6H3,(H,49,50)(H,51,52). The van der Waals surface area contributed by atoms with Crippen molar-refractivity contribution in [1.82, 2.24) is 0 Å². The molecule has 0 aromatic carbocycles. The molecule has 318 valence electrons. The summed E-state index contributed by atoms with van der Waals surface area (Å²) in [6.45, 7) is 12.4. The first-order valence-corrected chi connectivity index (χ1v) is 20.5. The van der Waals surface area contributed by atoms with Crippen LogP contribution in [0.25, 0.3) is 0 Å². The molecule has 19 unspecified atom stereocenters. The summed E-state index contributed by atoms with van der Waals surface area (Å²) in [5, 5.41) is 96.7. The molecule has 9 N–H and O–H groups in total. The van der Waals surface area contributed by atoms with Crippen LogP contribution in [0, 0.1) is 50.2 Å². The largest absolute Gasteiger partial charge is 0.481 e. The van der Waals surface area contributed by atoms with Crippen molar-refractivity contribution in [2.75, 3.05) is 13.2 Å². The van der Waals surface area contributed by atoms with E-state index in [1.807, 2.05) is 6.92 Å². The fraction of sp³-hybridized carbons (Fsp3) is 0.902. The number of aliphatic hydroxyl groups excluding tert-OH is 7. The lowest BCUT2D eigenvalue weighted by Crippen LogP contribution is -2.68. The van der Waals surface area contributed by atoms with Crippen LogP contribution in [0.15, 0.2) is 11.6 Å². The zero-order valence-electron chi connectivity index (χ0n) is 33.4. The van der Waals surface area contributed by atoms with E-state index in [1.54, 1.807) is 0 Å². The van der Waals surface area contributed by atoms with Gasteiger partial charge in [0.15, 0.2) is 18.7 Å². The SMILES string of the molecule is CC1(C)CCC2(C(=O)O)C(O)CC3(C)C(=CCC4C5(C)CCC(OC6OC(C(=O)O)C(OC7OCC(O)C(O)C7O)C(O)C6O)C(C)(CO)C5CCC43C)C2C1. The predicted molar refractivity (Wildman–Crippen MR) is 195 cm³/mol. The van der Waals surface area contributed by atoms with Gasteiger partial charge in [-0.05, 0) is 97.2 Å².